The highest BCUT2D eigenvalue weighted by molar-refractivity contribution is 5.84. The summed E-state index contributed by atoms with van der Waals surface area (Å²) in [6.45, 7) is 6.54. The summed E-state index contributed by atoms with van der Waals surface area (Å²) in [5, 5.41) is 14.7. The Kier molecular flexibility index (Phi) is 27.9. The number of hydrogen-bond acceptors (Lipinski definition) is 5. The molecular weight excluding hydrogens is 570 g/mol. The van der Waals surface area contributed by atoms with Crippen LogP contribution in [0.1, 0.15) is 162 Å². The van der Waals surface area contributed by atoms with Crippen LogP contribution in [-0.2, 0) is 23.9 Å². The zero-order valence-corrected chi connectivity index (χ0v) is 29.6. The molecule has 2 amide bonds. The van der Waals surface area contributed by atoms with Gasteiger partial charge in [-0.2, -0.15) is 0 Å². The van der Waals surface area contributed by atoms with Gasteiger partial charge >= 0.3 is 11.9 Å². The number of amides is 2. The van der Waals surface area contributed by atoms with Gasteiger partial charge < -0.3 is 25.0 Å². The van der Waals surface area contributed by atoms with E-state index in [4.69, 9.17) is 9.84 Å². The lowest BCUT2D eigenvalue weighted by Crippen LogP contribution is -2.42. The first kappa shape index (κ1) is 42.8. The van der Waals surface area contributed by atoms with Gasteiger partial charge in [0.15, 0.2) is 0 Å². The van der Waals surface area contributed by atoms with E-state index >= 15 is 0 Å². The van der Waals surface area contributed by atoms with E-state index in [0.29, 0.717) is 32.4 Å². The summed E-state index contributed by atoms with van der Waals surface area (Å²) in [5.74, 6) is -1.12. The van der Waals surface area contributed by atoms with Gasteiger partial charge in [0.2, 0.25) is 11.8 Å². The van der Waals surface area contributed by atoms with Gasteiger partial charge in [-0.25, -0.2) is 4.79 Å². The van der Waals surface area contributed by atoms with Crippen LogP contribution in [0.2, 0.25) is 0 Å². The Labute approximate surface area is 275 Å². The maximum absolute atomic E-state index is 12.5. The van der Waals surface area contributed by atoms with Gasteiger partial charge in [0.05, 0.1) is 40.2 Å². The standard InChI is InChI=1S/C36H69N3O6/c1-5-7-8-9-10-11-14-17-20-26-33(40)37-29-23-22-25-32(36(44)45-6-2)38-34(41)27-21-18-15-12-13-16-19-24-30-39(3,4)31-28-35(42)43/h32H,5-31H2,1-4H3,(H2-,37,38,40,41,42,43)/p+1/t32-/m0/s1. The summed E-state index contributed by atoms with van der Waals surface area (Å²) in [7, 11) is 4.19. The number of esters is 1. The monoisotopic (exact) mass is 641 g/mol. The Morgan fingerprint density at radius 1 is 0.622 bits per heavy atom. The van der Waals surface area contributed by atoms with Crippen molar-refractivity contribution in [3.05, 3.63) is 0 Å². The van der Waals surface area contributed by atoms with Crippen molar-refractivity contribution in [2.24, 2.45) is 0 Å². The number of nitrogens with one attached hydrogen (secondary N) is 2. The molecule has 1 atom stereocenters. The van der Waals surface area contributed by atoms with E-state index in [9.17, 15) is 19.2 Å². The fraction of sp³-hybridized carbons (Fsp3) is 0.889. The number of rotatable bonds is 32. The van der Waals surface area contributed by atoms with Gasteiger partial charge in [0.25, 0.3) is 0 Å². The highest BCUT2D eigenvalue weighted by Crippen LogP contribution is 2.13. The minimum Gasteiger partial charge on any atom is -0.481 e. The number of aliphatic carboxylic acids is 1. The fourth-order valence-corrected chi connectivity index (χ4v) is 5.54. The van der Waals surface area contributed by atoms with Crippen molar-refractivity contribution >= 4 is 23.8 Å². The zero-order chi connectivity index (χ0) is 33.6. The molecule has 264 valence electrons. The molecule has 0 radical (unpaired) electrons. The van der Waals surface area contributed by atoms with E-state index in [2.05, 4.69) is 31.7 Å². The largest absolute Gasteiger partial charge is 0.481 e. The molecule has 9 heteroatoms. The second-order valence-electron chi connectivity index (χ2n) is 13.4. The zero-order valence-electron chi connectivity index (χ0n) is 29.6. The Hall–Kier alpha value is -2.16. The molecule has 0 bridgehead atoms. The number of quaternary nitrogens is 1. The number of carbonyl (C=O) groups is 4. The second kappa shape index (κ2) is 29.3. The maximum Gasteiger partial charge on any atom is 0.328 e. The Morgan fingerprint density at radius 2 is 1.13 bits per heavy atom. The summed E-state index contributed by atoms with van der Waals surface area (Å²) < 4.78 is 5.94. The Bertz CT molecular complexity index is 774. The third-order valence-electron chi connectivity index (χ3n) is 8.50. The molecule has 9 nitrogen and oxygen atoms in total. The molecule has 0 unspecified atom stereocenters. The third-order valence-corrected chi connectivity index (χ3v) is 8.50. The Balaban J connectivity index is 3.94. The average Bonchev–Trinajstić information content (AvgIpc) is 2.99. The smallest absolute Gasteiger partial charge is 0.328 e. The number of unbranched alkanes of at least 4 members (excludes halogenated alkanes) is 16. The first-order chi connectivity index (χ1) is 21.6. The van der Waals surface area contributed by atoms with Crippen molar-refractivity contribution in [2.75, 3.05) is 40.3 Å². The van der Waals surface area contributed by atoms with Crippen LogP contribution in [0.5, 0.6) is 0 Å². The van der Waals surface area contributed by atoms with Crippen molar-refractivity contribution in [1.29, 1.82) is 0 Å². The van der Waals surface area contributed by atoms with Crippen LogP contribution in [-0.4, -0.2) is 79.7 Å². The van der Waals surface area contributed by atoms with Gasteiger partial charge in [0, 0.05) is 19.4 Å². The normalized spacial score (nSPS) is 12.1. The molecular formula is C36H70N3O6+. The van der Waals surface area contributed by atoms with Crippen LogP contribution >= 0.6 is 0 Å². The molecule has 0 heterocycles. The second-order valence-corrected chi connectivity index (χ2v) is 13.4. The molecule has 0 aliphatic carbocycles. The molecule has 0 aliphatic rings. The highest BCUT2D eigenvalue weighted by atomic mass is 16.5. The first-order valence-electron chi connectivity index (χ1n) is 18.4. The highest BCUT2D eigenvalue weighted by Gasteiger charge is 2.21. The van der Waals surface area contributed by atoms with Crippen molar-refractivity contribution in [3.63, 3.8) is 0 Å². The van der Waals surface area contributed by atoms with Crippen molar-refractivity contribution in [2.45, 2.75) is 168 Å². The Morgan fingerprint density at radius 3 is 1.67 bits per heavy atom. The van der Waals surface area contributed by atoms with Crippen LogP contribution in [0, 0.1) is 0 Å². The maximum atomic E-state index is 12.5. The summed E-state index contributed by atoms with van der Waals surface area (Å²) in [6.07, 6.45) is 23.0. The summed E-state index contributed by atoms with van der Waals surface area (Å²) in [4.78, 5) is 47.8. The van der Waals surface area contributed by atoms with E-state index in [1.165, 1.54) is 57.8 Å². The summed E-state index contributed by atoms with van der Waals surface area (Å²) in [5.41, 5.74) is 0. The van der Waals surface area contributed by atoms with Gasteiger partial charge in [-0.15, -0.1) is 0 Å². The molecule has 45 heavy (non-hydrogen) atoms. The molecule has 0 saturated carbocycles. The van der Waals surface area contributed by atoms with Crippen LogP contribution in [0.4, 0.5) is 0 Å². The van der Waals surface area contributed by atoms with E-state index in [1.54, 1.807) is 6.92 Å². The lowest BCUT2D eigenvalue weighted by atomic mass is 10.1. The third kappa shape index (κ3) is 29.0. The number of ether oxygens (including phenoxy) is 1. The molecule has 0 aromatic carbocycles. The molecule has 0 aliphatic heterocycles. The van der Waals surface area contributed by atoms with E-state index in [1.807, 2.05) is 0 Å². The van der Waals surface area contributed by atoms with Crippen molar-refractivity contribution in [1.82, 2.24) is 10.6 Å². The van der Waals surface area contributed by atoms with E-state index in [0.717, 1.165) is 75.2 Å². The minimum atomic E-state index is -0.731. The first-order valence-corrected chi connectivity index (χ1v) is 18.4. The van der Waals surface area contributed by atoms with Crippen LogP contribution in [0.15, 0.2) is 0 Å². The molecule has 0 rings (SSSR count). The quantitative estimate of drug-likeness (QED) is 0.0403. The lowest BCUT2D eigenvalue weighted by molar-refractivity contribution is -0.890. The van der Waals surface area contributed by atoms with Gasteiger partial charge in [-0.1, -0.05) is 90.4 Å². The topological polar surface area (TPSA) is 122 Å². The van der Waals surface area contributed by atoms with Crippen LogP contribution in [0.25, 0.3) is 0 Å². The van der Waals surface area contributed by atoms with Crippen LogP contribution < -0.4 is 10.6 Å². The van der Waals surface area contributed by atoms with E-state index < -0.39 is 12.0 Å². The van der Waals surface area contributed by atoms with E-state index in [-0.39, 0.29) is 30.8 Å². The van der Waals surface area contributed by atoms with Gasteiger partial charge in [0.1, 0.15) is 6.04 Å². The SMILES string of the molecule is CCCCCCCCCCCC(=O)NCCCC[C@H](NC(=O)CCCCCCCCCC[N+](C)(C)CCC(=O)O)C(=O)OCC. The average molecular weight is 641 g/mol. The number of nitrogens with zero attached hydrogens (tertiary/aromatic N) is 1. The number of carboxylic acids is 1. The van der Waals surface area contributed by atoms with Gasteiger partial charge in [-0.3, -0.25) is 14.4 Å². The minimum absolute atomic E-state index is 0.0986. The van der Waals surface area contributed by atoms with Crippen molar-refractivity contribution < 1.29 is 33.5 Å². The molecule has 0 aromatic rings. The molecule has 0 spiro atoms. The predicted octanol–water partition coefficient (Wildman–Crippen LogP) is 7.30. The molecule has 0 fully saturated rings. The molecule has 0 aromatic heterocycles. The summed E-state index contributed by atoms with van der Waals surface area (Å²) >= 11 is 0. The predicted molar refractivity (Wildman–Crippen MR) is 183 cm³/mol. The van der Waals surface area contributed by atoms with Crippen LogP contribution in [0.3, 0.4) is 0 Å². The summed E-state index contributed by atoms with van der Waals surface area (Å²) in [6, 6.07) is -0.636. The fourth-order valence-electron chi connectivity index (χ4n) is 5.54. The van der Waals surface area contributed by atoms with Gasteiger partial charge in [-0.05, 0) is 51.9 Å². The molecule has 3 N–H and O–H groups in total. The number of carbonyl (C=O) groups excluding carboxylic acids is 3. The number of carboxylic acid groups (broad SMARTS) is 1. The van der Waals surface area contributed by atoms with Crippen molar-refractivity contribution in [3.8, 4) is 0 Å². The lowest BCUT2D eigenvalue weighted by Gasteiger charge is -2.29. The number of hydrogen-bond donors (Lipinski definition) is 3. The molecule has 0 saturated heterocycles.